The van der Waals surface area contributed by atoms with E-state index in [2.05, 4.69) is 0 Å². The molecule has 0 bridgehead atoms. The van der Waals surface area contributed by atoms with Crippen molar-refractivity contribution >= 4 is 27.6 Å². The third-order valence-corrected chi connectivity index (χ3v) is 7.96. The Hall–Kier alpha value is -3.37. The van der Waals surface area contributed by atoms with Crippen LogP contribution in [0.15, 0.2) is 53.4 Å². The molecule has 2 aliphatic rings. The normalized spacial score (nSPS) is 16.7. The molecule has 9 nitrogen and oxygen atoms in total. The number of primary sulfonamides is 1. The lowest BCUT2D eigenvalue weighted by atomic mass is 9.83. The van der Waals surface area contributed by atoms with E-state index in [0.717, 1.165) is 11.1 Å². The molecule has 2 N–H and O–H groups in total. The zero-order chi connectivity index (χ0) is 28.6. The fourth-order valence-corrected chi connectivity index (χ4v) is 5.48. The molecule has 1 spiro atoms. The molecule has 2 aromatic carbocycles. The molecule has 0 atom stereocenters. The number of nitrogens with two attached hydrogens (primary N) is 1. The van der Waals surface area contributed by atoms with Crippen molar-refractivity contribution < 1.29 is 27.5 Å². The van der Waals surface area contributed by atoms with Gasteiger partial charge in [0.1, 0.15) is 17.0 Å². The maximum atomic E-state index is 12.8. The maximum absolute atomic E-state index is 12.8. The van der Waals surface area contributed by atoms with Crippen LogP contribution in [0.4, 0.5) is 4.79 Å². The highest BCUT2D eigenvalue weighted by Crippen LogP contribution is 2.44. The summed E-state index contributed by atoms with van der Waals surface area (Å²) in [6.07, 6.45) is 2.72. The Labute approximate surface area is 230 Å². The van der Waals surface area contributed by atoms with Gasteiger partial charge in [0.25, 0.3) is 5.91 Å². The van der Waals surface area contributed by atoms with Crippen molar-refractivity contribution in [1.82, 2.24) is 9.80 Å². The molecular formula is C29H37N3O6S. The fourth-order valence-electron chi connectivity index (χ4n) is 4.94. The summed E-state index contributed by atoms with van der Waals surface area (Å²) in [5.74, 6) is 0.490. The quantitative estimate of drug-likeness (QED) is 0.584. The summed E-state index contributed by atoms with van der Waals surface area (Å²) in [5, 5.41) is 5.43. The molecule has 2 aliphatic heterocycles. The lowest BCUT2D eigenvalue weighted by molar-refractivity contribution is -0.00118. The summed E-state index contributed by atoms with van der Waals surface area (Å²) in [4.78, 5) is 28.9. The van der Waals surface area contributed by atoms with Crippen LogP contribution in [0.5, 0.6) is 5.75 Å². The summed E-state index contributed by atoms with van der Waals surface area (Å²) in [7, 11) is -3.93. The predicted octanol–water partition coefficient (Wildman–Crippen LogP) is 4.41. The number of carbonyl (C=O) groups excluding carboxylic acids is 2. The van der Waals surface area contributed by atoms with Gasteiger partial charge in [0, 0.05) is 50.1 Å². The third kappa shape index (κ3) is 6.28. The zero-order valence-electron chi connectivity index (χ0n) is 23.2. The first-order valence-electron chi connectivity index (χ1n) is 13.2. The van der Waals surface area contributed by atoms with Crippen LogP contribution in [-0.4, -0.2) is 67.6 Å². The number of ether oxygens (including phenoxy) is 2. The van der Waals surface area contributed by atoms with E-state index < -0.39 is 21.2 Å². The Morgan fingerprint density at radius 1 is 1.05 bits per heavy atom. The van der Waals surface area contributed by atoms with Gasteiger partial charge < -0.3 is 19.3 Å². The lowest BCUT2D eigenvalue weighted by Gasteiger charge is -2.43. The molecule has 4 rings (SSSR count). The number of hydrogen-bond acceptors (Lipinski definition) is 6. The number of benzene rings is 2. The van der Waals surface area contributed by atoms with Gasteiger partial charge in [0.2, 0.25) is 10.0 Å². The molecule has 0 aliphatic carbocycles. The van der Waals surface area contributed by atoms with Crippen molar-refractivity contribution in [3.05, 3.63) is 65.2 Å². The summed E-state index contributed by atoms with van der Waals surface area (Å²) in [5.41, 5.74) is 1.50. The molecule has 0 unspecified atom stereocenters. The van der Waals surface area contributed by atoms with Crippen molar-refractivity contribution in [2.24, 2.45) is 5.14 Å². The Bertz CT molecular complexity index is 1380. The van der Waals surface area contributed by atoms with Crippen LogP contribution in [0.25, 0.3) is 5.57 Å². The van der Waals surface area contributed by atoms with Gasteiger partial charge in [-0.1, -0.05) is 12.1 Å². The number of piperidine rings is 1. The van der Waals surface area contributed by atoms with Crippen LogP contribution in [0.2, 0.25) is 0 Å². The average Bonchev–Trinajstić information content (AvgIpc) is 2.87. The van der Waals surface area contributed by atoms with Gasteiger partial charge in [-0.15, -0.1) is 0 Å². The van der Waals surface area contributed by atoms with Gasteiger partial charge in [0.15, 0.2) is 0 Å². The van der Waals surface area contributed by atoms with Crippen molar-refractivity contribution in [1.29, 1.82) is 0 Å². The second-order valence-electron chi connectivity index (χ2n) is 11.0. The molecule has 210 valence electrons. The Morgan fingerprint density at radius 2 is 1.67 bits per heavy atom. The minimum absolute atomic E-state index is 0.0141. The van der Waals surface area contributed by atoms with E-state index in [4.69, 9.17) is 14.6 Å². The standard InChI is InChI=1S/C29H37N3O6S/c1-6-31(7-2)26(33)21-10-8-20(9-11-21)24-19-29(14-16-32(17-15-29)27(34)38-28(3,4)5)37-25-13-12-22(18-23(24)25)39(30,35)36/h8-13,18-19H,6-7,14-17H2,1-5H3,(H2,30,35,36). The monoisotopic (exact) mass is 555 g/mol. The van der Waals surface area contributed by atoms with Crippen molar-refractivity contribution in [2.75, 3.05) is 26.2 Å². The van der Waals surface area contributed by atoms with E-state index in [1.165, 1.54) is 12.1 Å². The van der Waals surface area contributed by atoms with Crippen LogP contribution in [0, 0.1) is 0 Å². The van der Waals surface area contributed by atoms with Crippen LogP contribution in [0.1, 0.15) is 68.9 Å². The van der Waals surface area contributed by atoms with E-state index in [-0.39, 0.29) is 16.9 Å². The second-order valence-corrected chi connectivity index (χ2v) is 12.5. The highest BCUT2D eigenvalue weighted by Gasteiger charge is 2.41. The number of nitrogens with zero attached hydrogens (tertiary/aromatic N) is 2. The molecule has 2 aromatic rings. The first-order chi connectivity index (χ1) is 18.2. The molecule has 0 saturated carbocycles. The molecule has 10 heteroatoms. The molecule has 2 heterocycles. The average molecular weight is 556 g/mol. The van der Waals surface area contributed by atoms with Crippen LogP contribution in [0.3, 0.4) is 0 Å². The van der Waals surface area contributed by atoms with Crippen molar-refractivity contribution in [2.45, 2.75) is 63.6 Å². The molecular weight excluding hydrogens is 518 g/mol. The minimum Gasteiger partial charge on any atom is -0.482 e. The number of rotatable bonds is 5. The van der Waals surface area contributed by atoms with Crippen molar-refractivity contribution in [3.8, 4) is 5.75 Å². The number of likely N-dealkylation sites (tertiary alicyclic amines) is 1. The molecule has 1 saturated heterocycles. The molecule has 0 radical (unpaired) electrons. The number of carbonyl (C=O) groups is 2. The summed E-state index contributed by atoms with van der Waals surface area (Å²) in [6, 6.07) is 11.9. The second kappa shape index (κ2) is 10.7. The van der Waals surface area contributed by atoms with E-state index >= 15 is 0 Å². The van der Waals surface area contributed by atoms with E-state index in [0.29, 0.717) is 55.9 Å². The van der Waals surface area contributed by atoms with Gasteiger partial charge in [-0.2, -0.15) is 0 Å². The fraction of sp³-hybridized carbons (Fsp3) is 0.448. The van der Waals surface area contributed by atoms with Gasteiger partial charge in [-0.3, -0.25) is 4.79 Å². The van der Waals surface area contributed by atoms with Gasteiger partial charge in [-0.25, -0.2) is 18.4 Å². The van der Waals surface area contributed by atoms with E-state index in [9.17, 15) is 18.0 Å². The first-order valence-corrected chi connectivity index (χ1v) is 14.8. The third-order valence-electron chi connectivity index (χ3n) is 7.05. The largest absolute Gasteiger partial charge is 0.482 e. The van der Waals surface area contributed by atoms with E-state index in [1.54, 1.807) is 28.0 Å². The highest BCUT2D eigenvalue weighted by atomic mass is 32.2. The zero-order valence-corrected chi connectivity index (χ0v) is 24.0. The first kappa shape index (κ1) is 28.6. The predicted molar refractivity (Wildman–Crippen MR) is 149 cm³/mol. The Balaban J connectivity index is 1.70. The molecule has 2 amide bonds. The van der Waals surface area contributed by atoms with Crippen LogP contribution in [-0.2, 0) is 14.8 Å². The summed E-state index contributed by atoms with van der Waals surface area (Å²) >= 11 is 0. The van der Waals surface area contributed by atoms with Gasteiger partial charge in [-0.05, 0) is 82.2 Å². The maximum Gasteiger partial charge on any atom is 0.410 e. The highest BCUT2D eigenvalue weighted by molar-refractivity contribution is 7.89. The Kier molecular flexibility index (Phi) is 7.82. The summed E-state index contributed by atoms with van der Waals surface area (Å²) < 4.78 is 36.3. The topological polar surface area (TPSA) is 119 Å². The van der Waals surface area contributed by atoms with Crippen molar-refractivity contribution in [3.63, 3.8) is 0 Å². The molecule has 39 heavy (non-hydrogen) atoms. The van der Waals surface area contributed by atoms with Gasteiger partial charge >= 0.3 is 6.09 Å². The molecule has 0 aromatic heterocycles. The number of amides is 2. The lowest BCUT2D eigenvalue weighted by Crippen LogP contribution is -2.50. The number of sulfonamides is 1. The minimum atomic E-state index is -3.93. The Morgan fingerprint density at radius 3 is 2.21 bits per heavy atom. The summed E-state index contributed by atoms with van der Waals surface area (Å²) in [6.45, 7) is 11.5. The van der Waals surface area contributed by atoms with Crippen LogP contribution >= 0.6 is 0 Å². The van der Waals surface area contributed by atoms with Crippen LogP contribution < -0.4 is 9.88 Å². The smallest absolute Gasteiger partial charge is 0.410 e. The number of hydrogen-bond donors (Lipinski definition) is 1. The molecule has 1 fully saturated rings. The van der Waals surface area contributed by atoms with E-state index in [1.807, 2.05) is 52.8 Å². The van der Waals surface area contributed by atoms with Gasteiger partial charge in [0.05, 0.1) is 4.90 Å². The number of fused-ring (bicyclic) bond motifs is 1. The SMILES string of the molecule is CCN(CC)C(=O)c1ccc(C2=CC3(CCN(C(=O)OC(C)(C)C)CC3)Oc3ccc(S(N)(=O)=O)cc32)cc1.